The highest BCUT2D eigenvalue weighted by molar-refractivity contribution is 6.35. The molecule has 3 aliphatic rings. The Morgan fingerprint density at radius 2 is 1.74 bits per heavy atom. The molecule has 6 heteroatoms. The summed E-state index contributed by atoms with van der Waals surface area (Å²) in [6.45, 7) is 2.13. The summed E-state index contributed by atoms with van der Waals surface area (Å²) >= 11 is 6.51. The molecule has 0 aromatic heterocycles. The standard InChI is InChI=1S/C33H32ClNO4/c1-36-29-13-11-23-25(9-5-6-20-10-12-28(34)24-8-4-3-7-22(20)24)32-26-17-31-30(38-19-39-31)16-21(26)14-15-35(32)18-27(23)33(29)37-2/h3-4,7-8,10-13,16-17,25,32H,5-6,9,14-15,18-19H2,1-2H3. The second kappa shape index (κ2) is 9.96. The monoisotopic (exact) mass is 541 g/mol. The van der Waals surface area contributed by atoms with Crippen molar-refractivity contribution < 1.29 is 18.9 Å². The van der Waals surface area contributed by atoms with Gasteiger partial charge in [-0.3, -0.25) is 4.90 Å². The van der Waals surface area contributed by atoms with Gasteiger partial charge in [-0.1, -0.05) is 48.0 Å². The van der Waals surface area contributed by atoms with Crippen LogP contribution in [0.1, 0.15) is 52.6 Å². The molecule has 4 aromatic rings. The minimum atomic E-state index is 0.274. The fourth-order valence-electron chi connectivity index (χ4n) is 7.00. The Labute approximate surface area is 234 Å². The van der Waals surface area contributed by atoms with Crippen molar-refractivity contribution >= 4 is 22.4 Å². The lowest BCUT2D eigenvalue weighted by atomic mass is 9.74. The molecule has 3 aliphatic heterocycles. The Bertz CT molecular complexity index is 1570. The fourth-order valence-corrected chi connectivity index (χ4v) is 7.23. The average molecular weight is 542 g/mol. The third kappa shape index (κ3) is 4.11. The van der Waals surface area contributed by atoms with Crippen LogP contribution in [0.5, 0.6) is 23.0 Å². The van der Waals surface area contributed by atoms with Gasteiger partial charge in [-0.2, -0.15) is 0 Å². The van der Waals surface area contributed by atoms with Gasteiger partial charge in [0.1, 0.15) is 0 Å². The molecule has 0 radical (unpaired) electrons. The van der Waals surface area contributed by atoms with Crippen LogP contribution in [0.25, 0.3) is 10.8 Å². The molecule has 2 unspecified atom stereocenters. The maximum atomic E-state index is 6.51. The summed E-state index contributed by atoms with van der Waals surface area (Å²) in [4.78, 5) is 2.62. The van der Waals surface area contributed by atoms with Gasteiger partial charge >= 0.3 is 0 Å². The van der Waals surface area contributed by atoms with Gasteiger partial charge in [-0.25, -0.2) is 0 Å². The largest absolute Gasteiger partial charge is 0.493 e. The lowest BCUT2D eigenvalue weighted by molar-refractivity contribution is 0.126. The van der Waals surface area contributed by atoms with Gasteiger partial charge in [0.25, 0.3) is 0 Å². The van der Waals surface area contributed by atoms with Gasteiger partial charge in [-0.15, -0.1) is 0 Å². The van der Waals surface area contributed by atoms with Crippen LogP contribution in [0.3, 0.4) is 0 Å². The molecule has 0 bridgehead atoms. The van der Waals surface area contributed by atoms with Gasteiger partial charge < -0.3 is 18.9 Å². The van der Waals surface area contributed by atoms with Crippen molar-refractivity contribution in [3.8, 4) is 23.0 Å². The minimum absolute atomic E-state index is 0.274. The predicted octanol–water partition coefficient (Wildman–Crippen LogP) is 7.46. The van der Waals surface area contributed by atoms with Crippen molar-refractivity contribution in [3.63, 3.8) is 0 Å². The SMILES string of the molecule is COc1ccc2c(c1OC)CN1CCc3cc4c(cc3C1C2CCCc1ccc(Cl)c2ccccc12)OCO4. The van der Waals surface area contributed by atoms with Crippen LogP contribution in [-0.2, 0) is 19.4 Å². The van der Waals surface area contributed by atoms with E-state index in [2.05, 4.69) is 59.5 Å². The Morgan fingerprint density at radius 3 is 2.56 bits per heavy atom. The molecule has 0 saturated heterocycles. The Balaban J connectivity index is 1.27. The van der Waals surface area contributed by atoms with E-state index in [-0.39, 0.29) is 6.04 Å². The zero-order chi connectivity index (χ0) is 26.5. The van der Waals surface area contributed by atoms with Gasteiger partial charge in [-0.05, 0) is 77.6 Å². The number of aryl methyl sites for hydroxylation is 1. The van der Waals surface area contributed by atoms with E-state index in [1.54, 1.807) is 14.2 Å². The first-order valence-corrected chi connectivity index (χ1v) is 14.1. The molecule has 0 aliphatic carbocycles. The Morgan fingerprint density at radius 1 is 0.923 bits per heavy atom. The van der Waals surface area contributed by atoms with Crippen LogP contribution in [-0.4, -0.2) is 32.5 Å². The van der Waals surface area contributed by atoms with Crippen LogP contribution in [0.2, 0.25) is 5.02 Å². The van der Waals surface area contributed by atoms with Gasteiger partial charge in [0.15, 0.2) is 23.0 Å². The van der Waals surface area contributed by atoms with Crippen molar-refractivity contribution in [2.75, 3.05) is 27.6 Å². The number of hydrogen-bond acceptors (Lipinski definition) is 5. The molecule has 200 valence electrons. The molecule has 0 N–H and O–H groups in total. The van der Waals surface area contributed by atoms with E-state index in [0.29, 0.717) is 12.7 Å². The molecule has 2 atom stereocenters. The topological polar surface area (TPSA) is 40.2 Å². The van der Waals surface area contributed by atoms with E-state index in [4.69, 9.17) is 30.5 Å². The van der Waals surface area contributed by atoms with E-state index in [1.165, 1.54) is 33.2 Å². The first-order chi connectivity index (χ1) is 19.2. The Hall–Kier alpha value is -3.41. The van der Waals surface area contributed by atoms with Crippen LogP contribution < -0.4 is 18.9 Å². The third-order valence-electron chi connectivity index (χ3n) is 8.76. The van der Waals surface area contributed by atoms with Crippen molar-refractivity contribution in [2.24, 2.45) is 0 Å². The predicted molar refractivity (Wildman–Crippen MR) is 154 cm³/mol. The smallest absolute Gasteiger partial charge is 0.231 e. The molecule has 0 amide bonds. The van der Waals surface area contributed by atoms with Crippen molar-refractivity contribution in [1.82, 2.24) is 4.90 Å². The number of ether oxygens (including phenoxy) is 4. The molecular formula is C33H32ClNO4. The summed E-state index contributed by atoms with van der Waals surface area (Å²) in [6.07, 6.45) is 4.11. The van der Waals surface area contributed by atoms with E-state index in [1.807, 2.05) is 6.07 Å². The number of halogens is 1. The average Bonchev–Trinajstić information content (AvgIpc) is 3.43. The molecule has 5 nitrogen and oxygen atoms in total. The Kier molecular flexibility index (Phi) is 6.29. The highest BCUT2D eigenvalue weighted by Gasteiger charge is 2.41. The van der Waals surface area contributed by atoms with Gasteiger partial charge in [0, 0.05) is 41.0 Å². The number of nitrogens with zero attached hydrogens (tertiary/aromatic N) is 1. The number of benzene rings is 4. The van der Waals surface area contributed by atoms with Crippen molar-refractivity contribution in [2.45, 2.75) is 44.2 Å². The van der Waals surface area contributed by atoms with E-state index >= 15 is 0 Å². The number of hydrogen-bond donors (Lipinski definition) is 0. The molecule has 4 aromatic carbocycles. The van der Waals surface area contributed by atoms with Crippen molar-refractivity contribution in [1.29, 1.82) is 0 Å². The lowest BCUT2D eigenvalue weighted by Crippen LogP contribution is -2.42. The highest BCUT2D eigenvalue weighted by atomic mass is 35.5. The number of fused-ring (bicyclic) bond motifs is 6. The molecular weight excluding hydrogens is 510 g/mol. The third-order valence-corrected chi connectivity index (χ3v) is 9.09. The van der Waals surface area contributed by atoms with E-state index in [9.17, 15) is 0 Å². The number of rotatable bonds is 6. The van der Waals surface area contributed by atoms with Gasteiger partial charge in [0.05, 0.1) is 14.2 Å². The normalized spacial score (nSPS) is 19.4. The maximum Gasteiger partial charge on any atom is 0.231 e. The first kappa shape index (κ1) is 24.6. The molecule has 39 heavy (non-hydrogen) atoms. The summed E-state index contributed by atoms with van der Waals surface area (Å²) in [5, 5.41) is 3.18. The van der Waals surface area contributed by atoms with Crippen LogP contribution in [0.15, 0.2) is 60.7 Å². The zero-order valence-corrected chi connectivity index (χ0v) is 23.1. The van der Waals surface area contributed by atoms with E-state index < -0.39 is 0 Å². The summed E-state index contributed by atoms with van der Waals surface area (Å²) in [5.41, 5.74) is 6.70. The zero-order valence-electron chi connectivity index (χ0n) is 22.3. The maximum absolute atomic E-state index is 6.51. The summed E-state index contributed by atoms with van der Waals surface area (Å²) in [6, 6.07) is 21.7. The second-order valence-electron chi connectivity index (χ2n) is 10.7. The molecule has 7 rings (SSSR count). The highest BCUT2D eigenvalue weighted by Crippen LogP contribution is 2.53. The molecule has 0 spiro atoms. The molecule has 0 saturated carbocycles. The first-order valence-electron chi connectivity index (χ1n) is 13.7. The second-order valence-corrected chi connectivity index (χ2v) is 11.1. The summed E-state index contributed by atoms with van der Waals surface area (Å²) < 4.78 is 23.1. The lowest BCUT2D eigenvalue weighted by Gasteiger charge is -2.46. The fraction of sp³-hybridized carbons (Fsp3) is 0.333. The van der Waals surface area contributed by atoms with E-state index in [0.717, 1.165) is 72.2 Å². The van der Waals surface area contributed by atoms with Crippen LogP contribution in [0.4, 0.5) is 0 Å². The minimum Gasteiger partial charge on any atom is -0.493 e. The summed E-state index contributed by atoms with van der Waals surface area (Å²) in [7, 11) is 3.46. The van der Waals surface area contributed by atoms with Crippen LogP contribution in [0, 0.1) is 0 Å². The summed E-state index contributed by atoms with van der Waals surface area (Å²) in [5.74, 6) is 3.70. The quantitative estimate of drug-likeness (QED) is 0.253. The number of methoxy groups -OCH3 is 2. The molecule has 3 heterocycles. The van der Waals surface area contributed by atoms with Crippen LogP contribution >= 0.6 is 11.6 Å². The molecule has 0 fully saturated rings. The van der Waals surface area contributed by atoms with Crippen molar-refractivity contribution in [3.05, 3.63) is 93.5 Å². The van der Waals surface area contributed by atoms with Gasteiger partial charge in [0.2, 0.25) is 6.79 Å².